The van der Waals surface area contributed by atoms with Crippen LogP contribution in [0.25, 0.3) is 0 Å². The van der Waals surface area contributed by atoms with Gasteiger partial charge in [-0.1, -0.05) is 0 Å². The standard InChI is InChI=1S/C13H18N4O3/c1-3-20-12(18)8-17(9-4-5-9)11-7-6-10(15-16-11)13(19)14-2/h6-7,9H,3-5,8H2,1-2H3,(H,14,19). The van der Waals surface area contributed by atoms with Gasteiger partial charge in [-0.25, -0.2) is 0 Å². The Morgan fingerprint density at radius 1 is 1.40 bits per heavy atom. The molecule has 0 saturated heterocycles. The minimum Gasteiger partial charge on any atom is -0.465 e. The molecule has 1 fully saturated rings. The number of carbonyl (C=O) groups excluding carboxylic acids is 2. The molecular weight excluding hydrogens is 260 g/mol. The Kier molecular flexibility index (Phi) is 4.49. The topological polar surface area (TPSA) is 84.4 Å². The van der Waals surface area contributed by atoms with E-state index in [0.29, 0.717) is 18.5 Å². The third-order valence-corrected chi connectivity index (χ3v) is 3.00. The van der Waals surface area contributed by atoms with Gasteiger partial charge in [0.2, 0.25) is 0 Å². The van der Waals surface area contributed by atoms with Crippen molar-refractivity contribution in [1.82, 2.24) is 15.5 Å². The van der Waals surface area contributed by atoms with Gasteiger partial charge >= 0.3 is 5.97 Å². The number of rotatable bonds is 6. The molecule has 2 rings (SSSR count). The number of hydrogen-bond donors (Lipinski definition) is 1. The first kappa shape index (κ1) is 14.2. The Labute approximate surface area is 117 Å². The molecule has 0 spiro atoms. The molecule has 1 aromatic heterocycles. The van der Waals surface area contributed by atoms with Crippen molar-refractivity contribution in [1.29, 1.82) is 0 Å². The molecule has 0 radical (unpaired) electrons. The average molecular weight is 278 g/mol. The summed E-state index contributed by atoms with van der Waals surface area (Å²) in [6, 6.07) is 3.61. The Bertz CT molecular complexity index is 485. The van der Waals surface area contributed by atoms with Gasteiger partial charge in [-0.05, 0) is 31.9 Å². The minimum absolute atomic E-state index is 0.159. The molecule has 1 aliphatic carbocycles. The SMILES string of the molecule is CCOC(=O)CN(c1ccc(C(=O)NC)nn1)C1CC1. The summed E-state index contributed by atoms with van der Waals surface area (Å²) in [5, 5.41) is 10.4. The van der Waals surface area contributed by atoms with Gasteiger partial charge in [-0.2, -0.15) is 0 Å². The van der Waals surface area contributed by atoms with Gasteiger partial charge in [-0.3, -0.25) is 9.59 Å². The maximum atomic E-state index is 11.6. The van der Waals surface area contributed by atoms with Crippen LogP contribution in [0, 0.1) is 0 Å². The van der Waals surface area contributed by atoms with Crippen molar-refractivity contribution in [3.05, 3.63) is 17.8 Å². The maximum absolute atomic E-state index is 11.6. The smallest absolute Gasteiger partial charge is 0.325 e. The summed E-state index contributed by atoms with van der Waals surface area (Å²) in [7, 11) is 1.54. The highest BCUT2D eigenvalue weighted by molar-refractivity contribution is 5.91. The Morgan fingerprint density at radius 2 is 2.15 bits per heavy atom. The number of esters is 1. The van der Waals surface area contributed by atoms with Gasteiger partial charge in [0, 0.05) is 13.1 Å². The Morgan fingerprint density at radius 3 is 2.65 bits per heavy atom. The van der Waals surface area contributed by atoms with Crippen LogP contribution >= 0.6 is 0 Å². The molecule has 108 valence electrons. The highest BCUT2D eigenvalue weighted by Gasteiger charge is 2.32. The summed E-state index contributed by atoms with van der Waals surface area (Å²) in [6.45, 7) is 2.29. The maximum Gasteiger partial charge on any atom is 0.325 e. The predicted molar refractivity (Wildman–Crippen MR) is 72.4 cm³/mol. The summed E-state index contributed by atoms with van der Waals surface area (Å²) < 4.78 is 4.96. The summed E-state index contributed by atoms with van der Waals surface area (Å²) in [4.78, 5) is 24.9. The largest absolute Gasteiger partial charge is 0.465 e. The highest BCUT2D eigenvalue weighted by atomic mass is 16.5. The number of aromatic nitrogens is 2. The first-order valence-corrected chi connectivity index (χ1v) is 6.63. The highest BCUT2D eigenvalue weighted by Crippen LogP contribution is 2.30. The van der Waals surface area contributed by atoms with E-state index in [1.165, 1.54) is 7.05 Å². The van der Waals surface area contributed by atoms with E-state index < -0.39 is 0 Å². The molecule has 20 heavy (non-hydrogen) atoms. The zero-order valence-electron chi connectivity index (χ0n) is 11.6. The third kappa shape index (κ3) is 3.43. The van der Waals surface area contributed by atoms with E-state index >= 15 is 0 Å². The average Bonchev–Trinajstić information content (AvgIpc) is 3.29. The number of amides is 1. The van der Waals surface area contributed by atoms with Gasteiger partial charge in [0.05, 0.1) is 6.61 Å². The summed E-state index contributed by atoms with van der Waals surface area (Å²) in [5.41, 5.74) is 0.253. The lowest BCUT2D eigenvalue weighted by Crippen LogP contribution is -2.34. The van der Waals surface area contributed by atoms with Crippen molar-refractivity contribution in [2.75, 3.05) is 25.1 Å². The van der Waals surface area contributed by atoms with Crippen LogP contribution in [0.3, 0.4) is 0 Å². The van der Waals surface area contributed by atoms with Crippen LogP contribution in [0.4, 0.5) is 5.82 Å². The fourth-order valence-corrected chi connectivity index (χ4v) is 1.86. The molecule has 7 heteroatoms. The summed E-state index contributed by atoms with van der Waals surface area (Å²) in [5.74, 6) is 0.0252. The first-order chi connectivity index (χ1) is 9.65. The van der Waals surface area contributed by atoms with E-state index in [2.05, 4.69) is 15.5 Å². The van der Waals surface area contributed by atoms with Crippen LogP contribution in [0.5, 0.6) is 0 Å². The molecule has 0 aromatic carbocycles. The lowest BCUT2D eigenvalue weighted by atomic mass is 10.3. The van der Waals surface area contributed by atoms with Crippen LogP contribution < -0.4 is 10.2 Å². The quantitative estimate of drug-likeness (QED) is 0.757. The Hall–Kier alpha value is -2.18. The third-order valence-electron chi connectivity index (χ3n) is 3.00. The molecule has 0 atom stereocenters. The zero-order chi connectivity index (χ0) is 14.5. The van der Waals surface area contributed by atoms with Gasteiger partial charge < -0.3 is 15.0 Å². The summed E-state index contributed by atoms with van der Waals surface area (Å²) >= 11 is 0. The van der Waals surface area contributed by atoms with Gasteiger partial charge in [0.15, 0.2) is 11.5 Å². The van der Waals surface area contributed by atoms with Crippen LogP contribution in [-0.2, 0) is 9.53 Å². The molecule has 1 N–H and O–H groups in total. The van der Waals surface area contributed by atoms with Crippen molar-refractivity contribution >= 4 is 17.7 Å². The van der Waals surface area contributed by atoms with Crippen molar-refractivity contribution in [2.24, 2.45) is 0 Å². The van der Waals surface area contributed by atoms with E-state index in [9.17, 15) is 9.59 Å². The Balaban J connectivity index is 2.09. The molecule has 1 saturated carbocycles. The fraction of sp³-hybridized carbons (Fsp3) is 0.538. The van der Waals surface area contributed by atoms with Crippen LogP contribution in [-0.4, -0.2) is 48.3 Å². The molecular formula is C13H18N4O3. The van der Waals surface area contributed by atoms with Crippen LogP contribution in [0.1, 0.15) is 30.3 Å². The molecule has 1 aliphatic rings. The zero-order valence-corrected chi connectivity index (χ0v) is 11.6. The number of nitrogens with zero attached hydrogens (tertiary/aromatic N) is 3. The van der Waals surface area contributed by atoms with Crippen molar-refractivity contribution in [2.45, 2.75) is 25.8 Å². The monoisotopic (exact) mass is 278 g/mol. The van der Waals surface area contributed by atoms with Crippen LogP contribution in [0.2, 0.25) is 0 Å². The van der Waals surface area contributed by atoms with Crippen molar-refractivity contribution in [3.8, 4) is 0 Å². The molecule has 1 aromatic rings. The van der Waals surface area contributed by atoms with Gasteiger partial charge in [-0.15, -0.1) is 10.2 Å². The number of carbonyl (C=O) groups is 2. The minimum atomic E-state index is -0.285. The van der Waals surface area contributed by atoms with Gasteiger partial charge in [0.25, 0.3) is 5.91 Å². The fourth-order valence-electron chi connectivity index (χ4n) is 1.86. The van der Waals surface area contributed by atoms with E-state index in [1.807, 2.05) is 4.90 Å². The first-order valence-electron chi connectivity index (χ1n) is 6.63. The molecule has 7 nitrogen and oxygen atoms in total. The molecule has 1 heterocycles. The number of nitrogens with one attached hydrogen (secondary N) is 1. The molecule has 0 unspecified atom stereocenters. The lowest BCUT2D eigenvalue weighted by Gasteiger charge is -2.21. The molecule has 0 bridgehead atoms. The normalized spacial score (nSPS) is 13.7. The van der Waals surface area contributed by atoms with E-state index in [4.69, 9.17) is 4.74 Å². The second-order valence-corrected chi connectivity index (χ2v) is 4.52. The number of anilines is 1. The van der Waals surface area contributed by atoms with Crippen LogP contribution in [0.15, 0.2) is 12.1 Å². The van der Waals surface area contributed by atoms with E-state index in [-0.39, 0.29) is 24.1 Å². The van der Waals surface area contributed by atoms with Gasteiger partial charge in [0.1, 0.15) is 6.54 Å². The number of ether oxygens (including phenoxy) is 1. The number of hydrogen-bond acceptors (Lipinski definition) is 6. The second-order valence-electron chi connectivity index (χ2n) is 4.52. The predicted octanol–water partition coefficient (Wildman–Crippen LogP) is 0.368. The summed E-state index contributed by atoms with van der Waals surface area (Å²) in [6.07, 6.45) is 2.05. The van der Waals surface area contributed by atoms with E-state index in [0.717, 1.165) is 12.8 Å². The lowest BCUT2D eigenvalue weighted by molar-refractivity contribution is -0.141. The van der Waals surface area contributed by atoms with E-state index in [1.54, 1.807) is 19.1 Å². The molecule has 0 aliphatic heterocycles. The van der Waals surface area contributed by atoms with Crippen molar-refractivity contribution in [3.63, 3.8) is 0 Å². The van der Waals surface area contributed by atoms with Crippen molar-refractivity contribution < 1.29 is 14.3 Å². The second kappa shape index (κ2) is 6.31. The molecule has 1 amide bonds.